The second kappa shape index (κ2) is 7.59. The van der Waals surface area contributed by atoms with Crippen molar-refractivity contribution in [3.63, 3.8) is 0 Å². The Morgan fingerprint density at radius 2 is 1.60 bits per heavy atom. The van der Waals surface area contributed by atoms with Crippen molar-refractivity contribution in [1.29, 1.82) is 0 Å². The molecule has 0 saturated carbocycles. The molecule has 0 saturated heterocycles. The van der Waals surface area contributed by atoms with Crippen LogP contribution in [0.25, 0.3) is 0 Å². The molecule has 0 fully saturated rings. The van der Waals surface area contributed by atoms with E-state index in [4.69, 9.17) is 9.47 Å². The molecule has 166 valence electrons. The van der Waals surface area contributed by atoms with Crippen LogP contribution in [0.5, 0.6) is 11.8 Å². The molecule has 0 radical (unpaired) electrons. The van der Waals surface area contributed by atoms with Crippen molar-refractivity contribution in [3.8, 4) is 11.8 Å². The first-order chi connectivity index (χ1) is 14.1. The number of hydrogen-bond donors (Lipinski definition) is 0. The van der Waals surface area contributed by atoms with Crippen LogP contribution in [0.15, 0.2) is 12.4 Å². The van der Waals surface area contributed by atoms with Gasteiger partial charge in [-0.05, 0) is 43.7 Å². The molecule has 0 N–H and O–H groups in total. The fourth-order valence-corrected chi connectivity index (χ4v) is 4.64. The summed E-state index contributed by atoms with van der Waals surface area (Å²) < 4.78 is 16.6. The van der Waals surface area contributed by atoms with Crippen LogP contribution in [0.3, 0.4) is 0 Å². The van der Waals surface area contributed by atoms with Gasteiger partial charge in [0.2, 0.25) is 11.8 Å². The van der Waals surface area contributed by atoms with E-state index < -0.39 is 0 Å². The van der Waals surface area contributed by atoms with Gasteiger partial charge in [-0.1, -0.05) is 34.6 Å². The first kappa shape index (κ1) is 21.2. The standard InChI is InChI=1S/C23H37N5O2/c1-22(2,3)18-11-24-27-9-8-16(14-29-20(18)27)10-23(4,5)19-12-25-28-13-17(26(6)7)15-30-21(19)28/h11-12,16-17H,8-10,13-15H2,1-7H3. The highest BCUT2D eigenvalue weighted by molar-refractivity contribution is 5.34. The molecule has 0 aliphatic carbocycles. The van der Waals surface area contributed by atoms with Gasteiger partial charge in [-0.15, -0.1) is 0 Å². The zero-order chi connectivity index (χ0) is 21.7. The van der Waals surface area contributed by atoms with Gasteiger partial charge in [-0.3, -0.25) is 0 Å². The van der Waals surface area contributed by atoms with Gasteiger partial charge in [0.15, 0.2) is 0 Å². The van der Waals surface area contributed by atoms with Gasteiger partial charge in [0.25, 0.3) is 0 Å². The molecule has 7 nitrogen and oxygen atoms in total. The minimum atomic E-state index is -0.0359. The Labute approximate surface area is 180 Å². The molecule has 0 bridgehead atoms. The van der Waals surface area contributed by atoms with E-state index in [1.165, 1.54) is 11.1 Å². The molecule has 0 amide bonds. The molecular formula is C23H37N5O2. The Hall–Kier alpha value is -2.02. The Balaban J connectivity index is 1.47. The first-order valence-electron chi connectivity index (χ1n) is 11.1. The molecular weight excluding hydrogens is 378 g/mol. The predicted octanol–water partition coefficient (Wildman–Crippen LogP) is 3.47. The molecule has 2 atom stereocenters. The summed E-state index contributed by atoms with van der Waals surface area (Å²) in [6.07, 6.45) is 6.07. The lowest BCUT2D eigenvalue weighted by atomic mass is 9.77. The minimum Gasteiger partial charge on any atom is -0.477 e. The number of aromatic nitrogens is 4. The van der Waals surface area contributed by atoms with E-state index in [0.29, 0.717) is 18.6 Å². The average molecular weight is 416 g/mol. The van der Waals surface area contributed by atoms with Crippen molar-refractivity contribution in [1.82, 2.24) is 24.5 Å². The third-order valence-electron chi connectivity index (χ3n) is 6.65. The number of nitrogens with zero attached hydrogens (tertiary/aromatic N) is 5. The monoisotopic (exact) mass is 415 g/mol. The van der Waals surface area contributed by atoms with Gasteiger partial charge in [0, 0.05) is 17.7 Å². The molecule has 2 aliphatic rings. The summed E-state index contributed by atoms with van der Waals surface area (Å²) in [6, 6.07) is 0.364. The largest absolute Gasteiger partial charge is 0.477 e. The van der Waals surface area contributed by atoms with Crippen molar-refractivity contribution >= 4 is 0 Å². The molecule has 7 heteroatoms. The van der Waals surface area contributed by atoms with Crippen LogP contribution in [0.2, 0.25) is 0 Å². The molecule has 4 rings (SSSR count). The molecule has 2 unspecified atom stereocenters. The zero-order valence-electron chi connectivity index (χ0n) is 19.6. The third kappa shape index (κ3) is 3.96. The van der Waals surface area contributed by atoms with Crippen molar-refractivity contribution in [2.45, 2.75) is 77.4 Å². The SMILES string of the molecule is CN(C)C1COc2c(C(C)(C)CC3CCn4ncc(C(C)(C)C)c4OC3)cnn2C1. The van der Waals surface area contributed by atoms with Gasteiger partial charge >= 0.3 is 0 Å². The average Bonchev–Trinajstić information content (AvgIpc) is 3.22. The lowest BCUT2D eigenvalue weighted by Crippen LogP contribution is -2.41. The second-order valence-corrected chi connectivity index (χ2v) is 10.9. The van der Waals surface area contributed by atoms with Crippen LogP contribution >= 0.6 is 0 Å². The summed E-state index contributed by atoms with van der Waals surface area (Å²) in [5.74, 6) is 2.35. The van der Waals surface area contributed by atoms with Gasteiger partial charge < -0.3 is 14.4 Å². The summed E-state index contributed by atoms with van der Waals surface area (Å²) in [7, 11) is 4.19. The van der Waals surface area contributed by atoms with E-state index in [0.717, 1.165) is 44.3 Å². The summed E-state index contributed by atoms with van der Waals surface area (Å²) >= 11 is 0. The van der Waals surface area contributed by atoms with Crippen LogP contribution in [0.1, 0.15) is 58.6 Å². The summed E-state index contributed by atoms with van der Waals surface area (Å²) in [6.45, 7) is 14.5. The zero-order valence-corrected chi connectivity index (χ0v) is 19.6. The number of fused-ring (bicyclic) bond motifs is 2. The van der Waals surface area contributed by atoms with Crippen LogP contribution in [0, 0.1) is 5.92 Å². The van der Waals surface area contributed by atoms with Gasteiger partial charge in [0.05, 0.1) is 31.6 Å². The molecule has 4 heterocycles. The molecule has 30 heavy (non-hydrogen) atoms. The Morgan fingerprint density at radius 1 is 0.967 bits per heavy atom. The van der Waals surface area contributed by atoms with Crippen molar-refractivity contribution in [3.05, 3.63) is 23.5 Å². The van der Waals surface area contributed by atoms with Crippen LogP contribution in [0.4, 0.5) is 0 Å². The Kier molecular flexibility index (Phi) is 5.37. The normalized spacial score (nSPS) is 22.1. The number of aryl methyl sites for hydroxylation is 1. The van der Waals surface area contributed by atoms with E-state index in [-0.39, 0.29) is 10.8 Å². The highest BCUT2D eigenvalue weighted by Gasteiger charge is 2.35. The van der Waals surface area contributed by atoms with E-state index in [9.17, 15) is 0 Å². The van der Waals surface area contributed by atoms with Crippen molar-refractivity contribution < 1.29 is 9.47 Å². The van der Waals surface area contributed by atoms with E-state index in [1.54, 1.807) is 0 Å². The molecule has 2 aromatic heterocycles. The third-order valence-corrected chi connectivity index (χ3v) is 6.65. The topological polar surface area (TPSA) is 57.3 Å². The van der Waals surface area contributed by atoms with Crippen molar-refractivity contribution in [2.75, 3.05) is 27.3 Å². The van der Waals surface area contributed by atoms with Crippen LogP contribution in [-0.2, 0) is 23.9 Å². The van der Waals surface area contributed by atoms with E-state index in [1.807, 2.05) is 21.8 Å². The molecule has 0 aromatic carbocycles. The highest BCUT2D eigenvalue weighted by atomic mass is 16.5. The maximum atomic E-state index is 6.32. The minimum absolute atomic E-state index is 0.0334. The number of rotatable bonds is 4. The molecule has 2 aromatic rings. The van der Waals surface area contributed by atoms with Crippen LogP contribution in [-0.4, -0.2) is 57.8 Å². The maximum Gasteiger partial charge on any atom is 0.215 e. The van der Waals surface area contributed by atoms with Gasteiger partial charge in [-0.2, -0.15) is 10.2 Å². The number of ether oxygens (including phenoxy) is 2. The summed E-state index contributed by atoms with van der Waals surface area (Å²) in [5, 5.41) is 9.25. The quantitative estimate of drug-likeness (QED) is 0.765. The molecule has 0 spiro atoms. The smallest absolute Gasteiger partial charge is 0.215 e. The predicted molar refractivity (Wildman–Crippen MR) is 117 cm³/mol. The number of hydrogen-bond acceptors (Lipinski definition) is 5. The van der Waals surface area contributed by atoms with Gasteiger partial charge in [0.1, 0.15) is 6.61 Å². The highest BCUT2D eigenvalue weighted by Crippen LogP contribution is 2.40. The van der Waals surface area contributed by atoms with E-state index >= 15 is 0 Å². The van der Waals surface area contributed by atoms with Crippen LogP contribution < -0.4 is 9.47 Å². The molecule has 2 aliphatic heterocycles. The Morgan fingerprint density at radius 3 is 2.30 bits per heavy atom. The van der Waals surface area contributed by atoms with Gasteiger partial charge in [-0.25, -0.2) is 9.36 Å². The summed E-state index contributed by atoms with van der Waals surface area (Å²) in [5.41, 5.74) is 2.39. The second-order valence-electron chi connectivity index (χ2n) is 10.9. The number of likely N-dealkylation sites (N-methyl/N-ethyl adjacent to an activating group) is 1. The Bertz CT molecular complexity index is 890. The fraction of sp³-hybridized carbons (Fsp3) is 0.739. The first-order valence-corrected chi connectivity index (χ1v) is 11.1. The summed E-state index contributed by atoms with van der Waals surface area (Å²) in [4.78, 5) is 2.20. The van der Waals surface area contributed by atoms with E-state index in [2.05, 4.69) is 63.8 Å². The lowest BCUT2D eigenvalue weighted by molar-refractivity contribution is 0.117. The maximum absolute atomic E-state index is 6.32. The lowest BCUT2D eigenvalue weighted by Gasteiger charge is -2.33. The van der Waals surface area contributed by atoms with Crippen molar-refractivity contribution in [2.24, 2.45) is 5.92 Å². The fourth-order valence-electron chi connectivity index (χ4n) is 4.64.